The molecule has 1 fully saturated rings. The quantitative estimate of drug-likeness (QED) is 0.457. The largest absolute Gasteiger partial charge is 0.494 e. The van der Waals surface area contributed by atoms with Crippen LogP contribution in [-0.4, -0.2) is 30.0 Å². The number of imide groups is 1. The van der Waals surface area contributed by atoms with Crippen LogP contribution < -0.4 is 10.1 Å². The lowest BCUT2D eigenvalue weighted by atomic mass is 9.83. The van der Waals surface area contributed by atoms with Crippen molar-refractivity contribution in [2.24, 2.45) is 0 Å². The first kappa shape index (κ1) is 19.7. The Labute approximate surface area is 176 Å². The van der Waals surface area contributed by atoms with Gasteiger partial charge in [0.1, 0.15) is 5.75 Å². The van der Waals surface area contributed by atoms with Crippen LogP contribution in [0.25, 0.3) is 0 Å². The number of carbonyl (C=O) groups excluding carboxylic acids is 2. The van der Waals surface area contributed by atoms with E-state index < -0.39 is 5.54 Å². The standard InChI is InChI=1S/C25H24N2O3/c28-23-25(21-13-6-2-7-14-21,19-20-11-4-1-5-12-20)26-24(29)27(23)17-10-18-30-22-15-8-3-9-16-22/h1-9,11-16H,10,17-19H2,(H,26,29). The van der Waals surface area contributed by atoms with Gasteiger partial charge in [-0.2, -0.15) is 0 Å². The maximum absolute atomic E-state index is 13.5. The van der Waals surface area contributed by atoms with Crippen LogP contribution in [0, 0.1) is 0 Å². The van der Waals surface area contributed by atoms with E-state index >= 15 is 0 Å². The van der Waals surface area contributed by atoms with Gasteiger partial charge in [0.05, 0.1) is 6.61 Å². The van der Waals surface area contributed by atoms with Gasteiger partial charge in [-0.05, 0) is 29.7 Å². The van der Waals surface area contributed by atoms with Gasteiger partial charge in [0.25, 0.3) is 5.91 Å². The summed E-state index contributed by atoms with van der Waals surface area (Å²) in [6.07, 6.45) is 0.962. The maximum Gasteiger partial charge on any atom is 0.325 e. The zero-order valence-electron chi connectivity index (χ0n) is 16.7. The summed E-state index contributed by atoms with van der Waals surface area (Å²) in [4.78, 5) is 27.6. The van der Waals surface area contributed by atoms with Crippen molar-refractivity contribution in [3.8, 4) is 5.75 Å². The summed E-state index contributed by atoms with van der Waals surface area (Å²) in [7, 11) is 0. The molecule has 5 heteroatoms. The molecule has 1 saturated heterocycles. The number of amides is 3. The van der Waals surface area contributed by atoms with E-state index in [1.54, 1.807) is 0 Å². The first-order chi connectivity index (χ1) is 14.7. The Balaban J connectivity index is 1.50. The van der Waals surface area contributed by atoms with Crippen molar-refractivity contribution in [3.05, 3.63) is 102 Å². The number of nitrogens with one attached hydrogen (secondary N) is 1. The van der Waals surface area contributed by atoms with Crippen LogP contribution in [0.4, 0.5) is 4.79 Å². The van der Waals surface area contributed by atoms with Gasteiger partial charge in [-0.15, -0.1) is 0 Å². The predicted molar refractivity (Wildman–Crippen MR) is 115 cm³/mol. The third-order valence-electron chi connectivity index (χ3n) is 5.29. The lowest BCUT2D eigenvalue weighted by Crippen LogP contribution is -2.46. The average Bonchev–Trinajstić information content (AvgIpc) is 3.03. The molecular weight excluding hydrogens is 376 g/mol. The second-order valence-electron chi connectivity index (χ2n) is 7.34. The van der Waals surface area contributed by atoms with E-state index in [0.717, 1.165) is 16.9 Å². The molecule has 3 aromatic carbocycles. The van der Waals surface area contributed by atoms with Gasteiger partial charge in [0.15, 0.2) is 5.54 Å². The summed E-state index contributed by atoms with van der Waals surface area (Å²) >= 11 is 0. The highest BCUT2D eigenvalue weighted by molar-refractivity contribution is 6.07. The Morgan fingerprint density at radius 3 is 2.07 bits per heavy atom. The number of hydrogen-bond acceptors (Lipinski definition) is 3. The third kappa shape index (κ3) is 4.06. The Kier molecular flexibility index (Phi) is 5.80. The molecule has 1 aliphatic rings. The molecule has 5 nitrogen and oxygen atoms in total. The lowest BCUT2D eigenvalue weighted by Gasteiger charge is -2.27. The number of carbonyl (C=O) groups is 2. The molecule has 1 aliphatic heterocycles. The smallest absolute Gasteiger partial charge is 0.325 e. The van der Waals surface area contributed by atoms with Crippen LogP contribution in [0.1, 0.15) is 17.5 Å². The van der Waals surface area contributed by atoms with E-state index in [4.69, 9.17) is 4.74 Å². The fourth-order valence-electron chi connectivity index (χ4n) is 3.80. The molecule has 3 amide bonds. The van der Waals surface area contributed by atoms with Crippen molar-refractivity contribution >= 4 is 11.9 Å². The summed E-state index contributed by atoms with van der Waals surface area (Å²) in [5.41, 5.74) is 0.680. The number of nitrogens with zero attached hydrogens (tertiary/aromatic N) is 1. The van der Waals surface area contributed by atoms with Gasteiger partial charge in [0, 0.05) is 13.0 Å². The minimum Gasteiger partial charge on any atom is -0.494 e. The van der Waals surface area contributed by atoms with Gasteiger partial charge in [0.2, 0.25) is 0 Å². The third-order valence-corrected chi connectivity index (χ3v) is 5.29. The normalized spacial score (nSPS) is 18.3. The van der Waals surface area contributed by atoms with Crippen LogP contribution in [0.15, 0.2) is 91.0 Å². The summed E-state index contributed by atoms with van der Waals surface area (Å²) < 4.78 is 5.70. The number of para-hydroxylation sites is 1. The van der Waals surface area contributed by atoms with Gasteiger partial charge in [-0.1, -0.05) is 78.9 Å². The van der Waals surface area contributed by atoms with Gasteiger partial charge in [-0.25, -0.2) is 4.79 Å². The molecule has 0 saturated carbocycles. The van der Waals surface area contributed by atoms with E-state index in [2.05, 4.69) is 5.32 Å². The average molecular weight is 400 g/mol. The summed E-state index contributed by atoms with van der Waals surface area (Å²) in [5.74, 6) is 0.555. The van der Waals surface area contributed by atoms with Gasteiger partial charge in [-0.3, -0.25) is 9.69 Å². The predicted octanol–water partition coefficient (Wildman–Crippen LogP) is 4.15. The highest BCUT2D eigenvalue weighted by atomic mass is 16.5. The first-order valence-electron chi connectivity index (χ1n) is 10.1. The molecule has 0 aromatic heterocycles. The maximum atomic E-state index is 13.5. The van der Waals surface area contributed by atoms with Crippen LogP contribution in [-0.2, 0) is 16.8 Å². The number of hydrogen-bond donors (Lipinski definition) is 1. The first-order valence-corrected chi connectivity index (χ1v) is 10.1. The van der Waals surface area contributed by atoms with E-state index in [1.807, 2.05) is 91.0 Å². The molecule has 30 heavy (non-hydrogen) atoms. The molecule has 0 radical (unpaired) electrons. The van der Waals surface area contributed by atoms with Crippen molar-refractivity contribution in [2.45, 2.75) is 18.4 Å². The van der Waals surface area contributed by atoms with Crippen molar-refractivity contribution in [3.63, 3.8) is 0 Å². The lowest BCUT2D eigenvalue weighted by molar-refractivity contribution is -0.131. The molecule has 3 aromatic rings. The molecule has 0 spiro atoms. The van der Waals surface area contributed by atoms with Crippen molar-refractivity contribution in [1.29, 1.82) is 0 Å². The van der Waals surface area contributed by atoms with Crippen molar-refractivity contribution in [2.75, 3.05) is 13.2 Å². The molecule has 0 aliphatic carbocycles. The summed E-state index contributed by atoms with van der Waals surface area (Å²) in [6, 6.07) is 28.4. The fraction of sp³-hybridized carbons (Fsp3) is 0.200. The monoisotopic (exact) mass is 400 g/mol. The Morgan fingerprint density at radius 1 is 0.800 bits per heavy atom. The highest BCUT2D eigenvalue weighted by Crippen LogP contribution is 2.33. The number of urea groups is 1. The second-order valence-corrected chi connectivity index (χ2v) is 7.34. The van der Waals surface area contributed by atoms with E-state index in [0.29, 0.717) is 26.0 Å². The molecular formula is C25H24N2O3. The van der Waals surface area contributed by atoms with E-state index in [1.165, 1.54) is 4.90 Å². The number of rotatable bonds is 8. The second kappa shape index (κ2) is 8.82. The minimum atomic E-state index is -1.10. The molecule has 152 valence electrons. The molecule has 1 heterocycles. The van der Waals surface area contributed by atoms with Crippen LogP contribution >= 0.6 is 0 Å². The SMILES string of the molecule is O=C1NC(Cc2ccccc2)(c2ccccc2)C(=O)N1CCCOc1ccccc1. The van der Waals surface area contributed by atoms with E-state index in [-0.39, 0.29) is 11.9 Å². The Hall–Kier alpha value is -3.60. The van der Waals surface area contributed by atoms with Crippen LogP contribution in [0.3, 0.4) is 0 Å². The molecule has 0 bridgehead atoms. The zero-order chi connectivity index (χ0) is 20.8. The van der Waals surface area contributed by atoms with Crippen molar-refractivity contribution < 1.29 is 14.3 Å². The van der Waals surface area contributed by atoms with Crippen LogP contribution in [0.2, 0.25) is 0 Å². The highest BCUT2D eigenvalue weighted by Gasteiger charge is 2.52. The van der Waals surface area contributed by atoms with Crippen LogP contribution in [0.5, 0.6) is 5.75 Å². The minimum absolute atomic E-state index is 0.220. The molecule has 4 rings (SSSR count). The molecule has 1 unspecified atom stereocenters. The topological polar surface area (TPSA) is 58.6 Å². The summed E-state index contributed by atoms with van der Waals surface area (Å²) in [6.45, 7) is 0.735. The van der Waals surface area contributed by atoms with Crippen molar-refractivity contribution in [1.82, 2.24) is 10.2 Å². The van der Waals surface area contributed by atoms with Gasteiger partial charge >= 0.3 is 6.03 Å². The molecule has 1 atom stereocenters. The molecule has 1 N–H and O–H groups in total. The van der Waals surface area contributed by atoms with E-state index in [9.17, 15) is 9.59 Å². The summed E-state index contributed by atoms with van der Waals surface area (Å²) in [5, 5.41) is 2.99. The van der Waals surface area contributed by atoms with Gasteiger partial charge < -0.3 is 10.1 Å². The number of ether oxygens (including phenoxy) is 1. The zero-order valence-corrected chi connectivity index (χ0v) is 16.7. The number of benzene rings is 3. The Bertz CT molecular complexity index is 993. The fourth-order valence-corrected chi connectivity index (χ4v) is 3.80. The Morgan fingerprint density at radius 2 is 1.40 bits per heavy atom.